The molecule has 23 heavy (non-hydrogen) atoms. The van der Waals surface area contributed by atoms with Crippen LogP contribution in [0.1, 0.15) is 16.3 Å². The van der Waals surface area contributed by atoms with E-state index in [2.05, 4.69) is 5.32 Å². The molecule has 1 N–H and O–H groups in total. The molecule has 1 saturated heterocycles. The molecule has 0 radical (unpaired) electrons. The van der Waals surface area contributed by atoms with Crippen LogP contribution < -0.4 is 5.32 Å². The molecule has 7 heteroatoms. The van der Waals surface area contributed by atoms with Gasteiger partial charge in [-0.1, -0.05) is 0 Å². The van der Waals surface area contributed by atoms with E-state index in [1.807, 2.05) is 0 Å². The second-order valence-electron chi connectivity index (χ2n) is 4.91. The molecule has 0 atom stereocenters. The minimum absolute atomic E-state index is 0.128. The number of rotatable bonds is 4. The number of carbonyl (C=O) groups excluding carboxylic acids is 2. The zero-order chi connectivity index (χ0) is 16.1. The van der Waals surface area contributed by atoms with Crippen LogP contribution in [0.2, 0.25) is 0 Å². The Hall–Kier alpha value is -2.80. The molecular weight excluding hydrogens is 300 g/mol. The fraction of sp³-hybridized carbons (Fsp3) is 0.250. The van der Waals surface area contributed by atoms with Crippen molar-refractivity contribution in [2.75, 3.05) is 26.3 Å². The summed E-state index contributed by atoms with van der Waals surface area (Å²) < 4.78 is 15.5. The number of nitrogens with one attached hydrogen (secondary N) is 1. The Kier molecular flexibility index (Phi) is 4.58. The van der Waals surface area contributed by atoms with Crippen molar-refractivity contribution in [3.05, 3.63) is 54.0 Å². The maximum atomic E-state index is 12.6. The molecule has 0 aromatic carbocycles. The van der Waals surface area contributed by atoms with Gasteiger partial charge in [0.2, 0.25) is 0 Å². The quantitative estimate of drug-likeness (QED) is 0.864. The van der Waals surface area contributed by atoms with Crippen LogP contribution in [-0.2, 0) is 9.53 Å². The van der Waals surface area contributed by atoms with Crippen LogP contribution >= 0.6 is 0 Å². The zero-order valence-corrected chi connectivity index (χ0v) is 12.4. The van der Waals surface area contributed by atoms with Crippen LogP contribution in [0.25, 0.3) is 6.08 Å². The fourth-order valence-electron chi connectivity index (χ4n) is 2.20. The Morgan fingerprint density at radius 3 is 2.48 bits per heavy atom. The third-order valence-corrected chi connectivity index (χ3v) is 3.35. The van der Waals surface area contributed by atoms with Crippen molar-refractivity contribution in [3.63, 3.8) is 0 Å². The predicted molar refractivity (Wildman–Crippen MR) is 80.3 cm³/mol. The highest BCUT2D eigenvalue weighted by Gasteiger charge is 2.23. The van der Waals surface area contributed by atoms with Gasteiger partial charge in [0.1, 0.15) is 11.5 Å². The molecule has 3 heterocycles. The highest BCUT2D eigenvalue weighted by Crippen LogP contribution is 2.11. The lowest BCUT2D eigenvalue weighted by Gasteiger charge is -2.27. The number of carbonyl (C=O) groups is 2. The Balaban J connectivity index is 1.81. The first-order chi connectivity index (χ1) is 11.2. The van der Waals surface area contributed by atoms with Gasteiger partial charge in [0, 0.05) is 19.2 Å². The Bertz CT molecular complexity index is 682. The third-order valence-electron chi connectivity index (χ3n) is 3.35. The van der Waals surface area contributed by atoms with E-state index in [0.29, 0.717) is 32.1 Å². The molecule has 7 nitrogen and oxygen atoms in total. The number of morpholine rings is 1. The molecule has 2 amide bonds. The molecule has 2 aromatic rings. The van der Waals surface area contributed by atoms with Crippen molar-refractivity contribution in [1.29, 1.82) is 0 Å². The van der Waals surface area contributed by atoms with Crippen molar-refractivity contribution in [2.45, 2.75) is 0 Å². The lowest BCUT2D eigenvalue weighted by atomic mass is 10.2. The monoisotopic (exact) mass is 316 g/mol. The predicted octanol–water partition coefficient (Wildman–Crippen LogP) is 1.50. The topological polar surface area (TPSA) is 84.9 Å². The molecule has 0 aliphatic carbocycles. The van der Waals surface area contributed by atoms with Crippen molar-refractivity contribution in [3.8, 4) is 0 Å². The van der Waals surface area contributed by atoms with Gasteiger partial charge in [-0.25, -0.2) is 0 Å². The normalized spacial score (nSPS) is 15.5. The fourth-order valence-corrected chi connectivity index (χ4v) is 2.20. The van der Waals surface area contributed by atoms with Gasteiger partial charge >= 0.3 is 0 Å². The lowest BCUT2D eigenvalue weighted by molar-refractivity contribution is -0.131. The van der Waals surface area contributed by atoms with Gasteiger partial charge < -0.3 is 23.8 Å². The summed E-state index contributed by atoms with van der Waals surface area (Å²) in [6, 6.07) is 6.54. The van der Waals surface area contributed by atoms with Crippen molar-refractivity contribution in [1.82, 2.24) is 10.2 Å². The van der Waals surface area contributed by atoms with Gasteiger partial charge in [-0.2, -0.15) is 0 Å². The molecule has 2 aromatic heterocycles. The second kappa shape index (κ2) is 6.97. The molecule has 3 rings (SSSR count). The standard InChI is InChI=1S/C16H16N2O5/c19-15(14-4-2-8-23-14)17-13(11-12-3-1-7-22-12)16(20)18-5-9-21-10-6-18/h1-4,7-8,11H,5-6,9-10H2,(H,17,19)/b13-11+. The molecule has 0 bridgehead atoms. The summed E-state index contributed by atoms with van der Waals surface area (Å²) in [7, 11) is 0. The van der Waals surface area contributed by atoms with E-state index >= 15 is 0 Å². The summed E-state index contributed by atoms with van der Waals surface area (Å²) in [5.41, 5.74) is 0.128. The first-order valence-corrected chi connectivity index (χ1v) is 7.21. The van der Waals surface area contributed by atoms with Crippen LogP contribution in [0.3, 0.4) is 0 Å². The molecule has 1 aliphatic rings. The number of ether oxygens (including phenoxy) is 1. The zero-order valence-electron chi connectivity index (χ0n) is 12.4. The van der Waals surface area contributed by atoms with E-state index in [1.165, 1.54) is 24.7 Å². The summed E-state index contributed by atoms with van der Waals surface area (Å²) in [6.07, 6.45) is 4.39. The van der Waals surface area contributed by atoms with Crippen molar-refractivity contribution >= 4 is 17.9 Å². The molecule has 1 fully saturated rings. The van der Waals surface area contributed by atoms with E-state index in [9.17, 15) is 9.59 Å². The maximum Gasteiger partial charge on any atom is 0.291 e. The molecule has 1 aliphatic heterocycles. The maximum absolute atomic E-state index is 12.6. The van der Waals surface area contributed by atoms with Crippen LogP contribution in [0.15, 0.2) is 51.3 Å². The molecular formula is C16H16N2O5. The summed E-state index contributed by atoms with van der Waals surface area (Å²) >= 11 is 0. The summed E-state index contributed by atoms with van der Waals surface area (Å²) in [6.45, 7) is 1.91. The summed E-state index contributed by atoms with van der Waals surface area (Å²) in [5.74, 6) is -0.175. The average Bonchev–Trinajstić information content (AvgIpc) is 3.28. The number of hydrogen-bond acceptors (Lipinski definition) is 5. The van der Waals surface area contributed by atoms with Crippen LogP contribution in [0, 0.1) is 0 Å². The second-order valence-corrected chi connectivity index (χ2v) is 4.91. The Morgan fingerprint density at radius 2 is 1.83 bits per heavy atom. The van der Waals surface area contributed by atoms with E-state index in [0.717, 1.165) is 0 Å². The van der Waals surface area contributed by atoms with E-state index in [1.54, 1.807) is 23.1 Å². The van der Waals surface area contributed by atoms with Gasteiger partial charge in [0.15, 0.2) is 5.76 Å². The molecule has 120 valence electrons. The smallest absolute Gasteiger partial charge is 0.291 e. The number of hydrogen-bond donors (Lipinski definition) is 1. The average molecular weight is 316 g/mol. The Morgan fingerprint density at radius 1 is 1.09 bits per heavy atom. The van der Waals surface area contributed by atoms with Crippen LogP contribution in [0.4, 0.5) is 0 Å². The number of amides is 2. The van der Waals surface area contributed by atoms with Crippen LogP contribution in [-0.4, -0.2) is 43.0 Å². The van der Waals surface area contributed by atoms with Crippen LogP contribution in [0.5, 0.6) is 0 Å². The first kappa shape index (κ1) is 15.1. The highest BCUT2D eigenvalue weighted by atomic mass is 16.5. The minimum Gasteiger partial charge on any atom is -0.465 e. The minimum atomic E-state index is -0.491. The SMILES string of the molecule is O=C(N/C(=C/c1ccco1)C(=O)N1CCOCC1)c1ccco1. The van der Waals surface area contributed by atoms with E-state index < -0.39 is 5.91 Å². The highest BCUT2D eigenvalue weighted by molar-refractivity contribution is 6.04. The van der Waals surface area contributed by atoms with Gasteiger partial charge in [0.25, 0.3) is 11.8 Å². The molecule has 0 saturated carbocycles. The molecule has 0 spiro atoms. The Labute approximate surface area is 132 Å². The van der Waals surface area contributed by atoms with E-state index in [-0.39, 0.29) is 17.4 Å². The number of nitrogens with zero attached hydrogens (tertiary/aromatic N) is 1. The largest absolute Gasteiger partial charge is 0.465 e. The lowest BCUT2D eigenvalue weighted by Crippen LogP contribution is -2.44. The van der Waals surface area contributed by atoms with Crippen molar-refractivity contribution < 1.29 is 23.2 Å². The van der Waals surface area contributed by atoms with Gasteiger partial charge in [-0.3, -0.25) is 9.59 Å². The van der Waals surface area contributed by atoms with Crippen molar-refractivity contribution in [2.24, 2.45) is 0 Å². The first-order valence-electron chi connectivity index (χ1n) is 7.21. The number of furan rings is 2. The van der Waals surface area contributed by atoms with Gasteiger partial charge in [-0.05, 0) is 24.3 Å². The summed E-state index contributed by atoms with van der Waals surface area (Å²) in [5, 5.41) is 2.59. The van der Waals surface area contributed by atoms with Gasteiger partial charge in [0.05, 0.1) is 25.7 Å². The third kappa shape index (κ3) is 3.70. The van der Waals surface area contributed by atoms with Gasteiger partial charge in [-0.15, -0.1) is 0 Å². The van der Waals surface area contributed by atoms with E-state index in [4.69, 9.17) is 13.6 Å². The summed E-state index contributed by atoms with van der Waals surface area (Å²) in [4.78, 5) is 26.4. The molecule has 0 unspecified atom stereocenters.